The highest BCUT2D eigenvalue weighted by atomic mass is 16.5. The molecule has 1 fully saturated rings. The summed E-state index contributed by atoms with van der Waals surface area (Å²) < 4.78 is 10.4. The zero-order valence-electron chi connectivity index (χ0n) is 14.3. The summed E-state index contributed by atoms with van der Waals surface area (Å²) in [6.45, 7) is 5.54. The van der Waals surface area contributed by atoms with Gasteiger partial charge in [0, 0.05) is 38.6 Å². The molecular weight excluding hydrogens is 324 g/mol. The zero-order valence-corrected chi connectivity index (χ0v) is 14.3. The van der Waals surface area contributed by atoms with Crippen molar-refractivity contribution < 1.29 is 18.7 Å². The van der Waals surface area contributed by atoms with Crippen molar-refractivity contribution in [2.24, 2.45) is 0 Å². The number of piperazine rings is 1. The second kappa shape index (κ2) is 7.33. The Hall–Kier alpha value is -2.90. The van der Waals surface area contributed by atoms with Crippen LogP contribution in [0.25, 0.3) is 0 Å². The minimum Gasteiger partial charge on any atom is -0.466 e. The summed E-state index contributed by atoms with van der Waals surface area (Å²) in [5.41, 5.74) is 0.358. The lowest BCUT2D eigenvalue weighted by Gasteiger charge is -2.34. The molecule has 3 heterocycles. The topological polar surface area (TPSA) is 88.8 Å². The van der Waals surface area contributed by atoms with Gasteiger partial charge in [-0.3, -0.25) is 4.79 Å². The Labute approximate surface area is 145 Å². The molecule has 25 heavy (non-hydrogen) atoms. The monoisotopic (exact) mass is 344 g/mol. The van der Waals surface area contributed by atoms with Crippen LogP contribution < -0.4 is 4.90 Å². The van der Waals surface area contributed by atoms with Crippen molar-refractivity contribution in [3.05, 3.63) is 41.6 Å². The maximum Gasteiger partial charge on any atom is 0.342 e. The van der Waals surface area contributed by atoms with Gasteiger partial charge in [-0.1, -0.05) is 0 Å². The van der Waals surface area contributed by atoms with Gasteiger partial charge in [-0.25, -0.2) is 14.8 Å². The second-order valence-electron chi connectivity index (χ2n) is 5.82. The van der Waals surface area contributed by atoms with Gasteiger partial charge in [0.1, 0.15) is 17.1 Å². The third-order valence-corrected chi connectivity index (χ3v) is 4.05. The van der Waals surface area contributed by atoms with Crippen LogP contribution in [0.4, 0.5) is 5.95 Å². The number of aryl methyl sites for hydroxylation is 2. The lowest BCUT2D eigenvalue weighted by Crippen LogP contribution is -2.50. The van der Waals surface area contributed by atoms with Crippen LogP contribution in [-0.4, -0.2) is 59.5 Å². The Kier molecular flexibility index (Phi) is 4.97. The number of hydrogen-bond acceptors (Lipinski definition) is 7. The predicted octanol–water partition coefficient (Wildman–Crippen LogP) is 1.19. The lowest BCUT2D eigenvalue weighted by molar-refractivity contribution is -0.134. The van der Waals surface area contributed by atoms with E-state index in [1.54, 1.807) is 43.3 Å². The highest BCUT2D eigenvalue weighted by Gasteiger charge is 2.24. The number of carbonyl (C=O) groups is 2. The Morgan fingerprint density at radius 1 is 1.16 bits per heavy atom. The maximum absolute atomic E-state index is 12.2. The fourth-order valence-corrected chi connectivity index (χ4v) is 2.74. The largest absolute Gasteiger partial charge is 0.466 e. The van der Waals surface area contributed by atoms with Crippen molar-refractivity contribution in [2.45, 2.75) is 13.8 Å². The van der Waals surface area contributed by atoms with Gasteiger partial charge < -0.3 is 19.0 Å². The van der Waals surface area contributed by atoms with Gasteiger partial charge in [0.05, 0.1) is 0 Å². The zero-order chi connectivity index (χ0) is 17.8. The lowest BCUT2D eigenvalue weighted by atomic mass is 10.2. The summed E-state index contributed by atoms with van der Waals surface area (Å²) in [6, 6.07) is 3.38. The average Bonchev–Trinajstić information content (AvgIpc) is 2.98. The predicted molar refractivity (Wildman–Crippen MR) is 89.3 cm³/mol. The number of esters is 1. The van der Waals surface area contributed by atoms with Crippen LogP contribution in [0.2, 0.25) is 0 Å². The standard InChI is InChI=1S/C17H20N4O4/c1-12-10-14(13(2)25-12)16(23)24-11-15(22)20-6-8-21(9-7-20)17-18-4-3-5-19-17/h3-5,10H,6-9,11H2,1-2H3. The van der Waals surface area contributed by atoms with E-state index in [4.69, 9.17) is 9.15 Å². The number of carbonyl (C=O) groups excluding carboxylic acids is 2. The molecule has 8 nitrogen and oxygen atoms in total. The van der Waals surface area contributed by atoms with E-state index in [9.17, 15) is 9.59 Å². The number of amides is 1. The molecule has 0 aliphatic carbocycles. The normalized spacial score (nSPS) is 14.5. The van der Waals surface area contributed by atoms with Crippen LogP contribution in [0.15, 0.2) is 28.9 Å². The first kappa shape index (κ1) is 16.9. The summed E-state index contributed by atoms with van der Waals surface area (Å²) in [6.07, 6.45) is 3.39. The third-order valence-electron chi connectivity index (χ3n) is 4.05. The molecule has 1 aliphatic heterocycles. The van der Waals surface area contributed by atoms with Crippen molar-refractivity contribution in [3.8, 4) is 0 Å². The molecule has 0 N–H and O–H groups in total. The van der Waals surface area contributed by atoms with Gasteiger partial charge in [-0.15, -0.1) is 0 Å². The van der Waals surface area contributed by atoms with Gasteiger partial charge >= 0.3 is 5.97 Å². The Bertz CT molecular complexity index is 751. The Morgan fingerprint density at radius 3 is 2.44 bits per heavy atom. The summed E-state index contributed by atoms with van der Waals surface area (Å²) in [5.74, 6) is 1.03. The molecule has 2 aromatic heterocycles. The number of aromatic nitrogens is 2. The summed E-state index contributed by atoms with van der Waals surface area (Å²) in [7, 11) is 0. The highest BCUT2D eigenvalue weighted by Crippen LogP contribution is 2.15. The molecule has 0 bridgehead atoms. The first-order chi connectivity index (χ1) is 12.0. The molecule has 1 saturated heterocycles. The molecule has 8 heteroatoms. The van der Waals surface area contributed by atoms with E-state index in [1.165, 1.54) is 0 Å². The van der Waals surface area contributed by atoms with E-state index in [0.717, 1.165) is 0 Å². The summed E-state index contributed by atoms with van der Waals surface area (Å²) in [5, 5.41) is 0. The minimum absolute atomic E-state index is 0.208. The van der Waals surface area contributed by atoms with E-state index in [2.05, 4.69) is 9.97 Å². The molecule has 0 unspecified atom stereocenters. The molecular formula is C17H20N4O4. The van der Waals surface area contributed by atoms with Crippen LogP contribution in [0.1, 0.15) is 21.9 Å². The highest BCUT2D eigenvalue weighted by molar-refractivity contribution is 5.92. The fraction of sp³-hybridized carbons (Fsp3) is 0.412. The van der Waals surface area contributed by atoms with Gasteiger partial charge in [-0.05, 0) is 26.0 Å². The van der Waals surface area contributed by atoms with E-state index >= 15 is 0 Å². The van der Waals surface area contributed by atoms with E-state index in [-0.39, 0.29) is 12.5 Å². The number of nitrogens with zero attached hydrogens (tertiary/aromatic N) is 4. The number of furan rings is 1. The first-order valence-electron chi connectivity index (χ1n) is 8.08. The van der Waals surface area contributed by atoms with Gasteiger partial charge in [0.2, 0.25) is 5.95 Å². The molecule has 3 rings (SSSR count). The van der Waals surface area contributed by atoms with Crippen molar-refractivity contribution in [1.29, 1.82) is 0 Å². The van der Waals surface area contributed by atoms with E-state index < -0.39 is 5.97 Å². The van der Waals surface area contributed by atoms with Crippen molar-refractivity contribution in [3.63, 3.8) is 0 Å². The Balaban J connectivity index is 1.48. The SMILES string of the molecule is Cc1cc(C(=O)OCC(=O)N2CCN(c3ncccn3)CC2)c(C)o1. The molecule has 0 atom stereocenters. The van der Waals surface area contributed by atoms with Crippen LogP contribution in [0.3, 0.4) is 0 Å². The number of ether oxygens (including phenoxy) is 1. The fourth-order valence-electron chi connectivity index (χ4n) is 2.74. The van der Waals surface area contributed by atoms with Crippen LogP contribution in [0.5, 0.6) is 0 Å². The maximum atomic E-state index is 12.2. The van der Waals surface area contributed by atoms with Gasteiger partial charge in [-0.2, -0.15) is 0 Å². The average molecular weight is 344 g/mol. The summed E-state index contributed by atoms with van der Waals surface area (Å²) >= 11 is 0. The quantitative estimate of drug-likeness (QED) is 0.770. The van der Waals surface area contributed by atoms with E-state index in [1.807, 2.05) is 4.90 Å². The molecule has 0 aromatic carbocycles. The van der Waals surface area contributed by atoms with Crippen LogP contribution in [-0.2, 0) is 9.53 Å². The Morgan fingerprint density at radius 2 is 1.84 bits per heavy atom. The van der Waals surface area contributed by atoms with Crippen molar-refractivity contribution >= 4 is 17.8 Å². The summed E-state index contributed by atoms with van der Waals surface area (Å²) in [4.78, 5) is 36.4. The van der Waals surface area contributed by atoms with E-state index in [0.29, 0.717) is 49.2 Å². The van der Waals surface area contributed by atoms with Crippen LogP contribution in [0, 0.1) is 13.8 Å². The van der Waals surface area contributed by atoms with Crippen molar-refractivity contribution in [1.82, 2.24) is 14.9 Å². The molecule has 1 aliphatic rings. The molecule has 0 spiro atoms. The molecule has 0 radical (unpaired) electrons. The number of hydrogen-bond donors (Lipinski definition) is 0. The number of rotatable bonds is 4. The third kappa shape index (κ3) is 3.96. The smallest absolute Gasteiger partial charge is 0.342 e. The molecule has 132 valence electrons. The van der Waals surface area contributed by atoms with Gasteiger partial charge in [0.25, 0.3) is 5.91 Å². The van der Waals surface area contributed by atoms with Crippen LogP contribution >= 0.6 is 0 Å². The first-order valence-corrected chi connectivity index (χ1v) is 8.08. The molecule has 2 aromatic rings. The van der Waals surface area contributed by atoms with Gasteiger partial charge in [0.15, 0.2) is 6.61 Å². The minimum atomic E-state index is -0.543. The van der Waals surface area contributed by atoms with Crippen molar-refractivity contribution in [2.75, 3.05) is 37.7 Å². The number of anilines is 1. The molecule has 0 saturated carbocycles. The molecule has 1 amide bonds. The second-order valence-corrected chi connectivity index (χ2v) is 5.82.